The van der Waals surface area contributed by atoms with Crippen molar-refractivity contribution in [1.29, 1.82) is 0 Å². The van der Waals surface area contributed by atoms with Crippen LogP contribution in [-0.4, -0.2) is 51.4 Å². The van der Waals surface area contributed by atoms with Crippen LogP contribution >= 0.6 is 0 Å². The molecular formula is C11H20N2O5. The quantitative estimate of drug-likeness (QED) is 0.604. The molecule has 0 spiro atoms. The molecule has 1 unspecified atom stereocenters. The molecule has 104 valence electrons. The topological polar surface area (TPSA) is 92.9 Å². The van der Waals surface area contributed by atoms with Crippen LogP contribution in [0.25, 0.3) is 0 Å². The molecule has 0 saturated carbocycles. The molecule has 0 aromatic carbocycles. The third-order valence-electron chi connectivity index (χ3n) is 2.84. The zero-order chi connectivity index (χ0) is 14.1. The Morgan fingerprint density at radius 2 is 2.06 bits per heavy atom. The Morgan fingerprint density at radius 1 is 1.56 bits per heavy atom. The van der Waals surface area contributed by atoms with Crippen LogP contribution in [0.15, 0.2) is 0 Å². The molecule has 1 rings (SSSR count). The number of hydrogen-bond donors (Lipinski definition) is 1. The zero-order valence-corrected chi connectivity index (χ0v) is 11.2. The Balaban J connectivity index is 2.57. The zero-order valence-electron chi connectivity index (χ0n) is 11.2. The third-order valence-corrected chi connectivity index (χ3v) is 2.84. The number of nitro groups is 1. The van der Waals surface area contributed by atoms with E-state index in [0.29, 0.717) is 0 Å². The predicted molar refractivity (Wildman–Crippen MR) is 63.8 cm³/mol. The van der Waals surface area contributed by atoms with E-state index in [1.54, 1.807) is 27.7 Å². The summed E-state index contributed by atoms with van der Waals surface area (Å²) in [6, 6.07) is -1.05. The summed E-state index contributed by atoms with van der Waals surface area (Å²) in [5.74, 6) is 0. The molecule has 0 aliphatic carbocycles. The number of β-amino-alcohol motifs (C(OH)–C–C–N with tert-alkyl or cyclic N) is 1. The van der Waals surface area contributed by atoms with E-state index in [4.69, 9.17) is 4.74 Å². The second-order valence-corrected chi connectivity index (χ2v) is 5.65. The van der Waals surface area contributed by atoms with E-state index in [1.165, 1.54) is 4.90 Å². The summed E-state index contributed by atoms with van der Waals surface area (Å²) in [7, 11) is 0. The van der Waals surface area contributed by atoms with E-state index in [2.05, 4.69) is 0 Å². The largest absolute Gasteiger partial charge is 0.444 e. The van der Waals surface area contributed by atoms with E-state index < -0.39 is 28.3 Å². The second kappa shape index (κ2) is 4.72. The molecule has 1 N–H and O–H groups in total. The Morgan fingerprint density at radius 3 is 2.39 bits per heavy atom. The molecule has 1 saturated heterocycles. The van der Waals surface area contributed by atoms with E-state index in [-0.39, 0.29) is 19.5 Å². The van der Waals surface area contributed by atoms with E-state index >= 15 is 0 Å². The van der Waals surface area contributed by atoms with Crippen molar-refractivity contribution in [2.45, 2.75) is 51.4 Å². The first kappa shape index (κ1) is 14.7. The van der Waals surface area contributed by atoms with E-state index in [9.17, 15) is 20.0 Å². The van der Waals surface area contributed by atoms with Gasteiger partial charge < -0.3 is 14.7 Å². The van der Waals surface area contributed by atoms with Crippen molar-refractivity contribution >= 4 is 6.09 Å². The van der Waals surface area contributed by atoms with Gasteiger partial charge in [-0.25, -0.2) is 4.79 Å². The number of nitrogens with zero attached hydrogens (tertiary/aromatic N) is 2. The molecule has 1 atom stereocenters. The number of rotatable bonds is 3. The number of aliphatic hydroxyl groups is 1. The first-order valence-corrected chi connectivity index (χ1v) is 5.93. The highest BCUT2D eigenvalue weighted by Gasteiger charge is 2.55. The lowest BCUT2D eigenvalue weighted by atomic mass is 9.85. The lowest BCUT2D eigenvalue weighted by Gasteiger charge is -2.46. The maximum absolute atomic E-state index is 11.6. The van der Waals surface area contributed by atoms with Crippen molar-refractivity contribution in [2.75, 3.05) is 13.1 Å². The molecule has 0 aromatic heterocycles. The lowest BCUT2D eigenvalue weighted by molar-refractivity contribution is -0.551. The molecule has 1 fully saturated rings. The normalized spacial score (nSPS) is 19.9. The monoisotopic (exact) mass is 260 g/mol. The van der Waals surface area contributed by atoms with Gasteiger partial charge in [-0.3, -0.25) is 10.1 Å². The highest BCUT2D eigenvalue weighted by molar-refractivity contribution is 5.69. The number of ether oxygens (including phenoxy) is 1. The van der Waals surface area contributed by atoms with Crippen LogP contribution in [0.5, 0.6) is 0 Å². The molecule has 0 radical (unpaired) electrons. The summed E-state index contributed by atoms with van der Waals surface area (Å²) < 4.78 is 5.11. The fourth-order valence-electron chi connectivity index (χ4n) is 2.01. The Kier molecular flexibility index (Phi) is 3.85. The van der Waals surface area contributed by atoms with Crippen LogP contribution in [0.2, 0.25) is 0 Å². The summed E-state index contributed by atoms with van der Waals surface area (Å²) in [4.78, 5) is 23.2. The van der Waals surface area contributed by atoms with Crippen LogP contribution in [0, 0.1) is 10.1 Å². The van der Waals surface area contributed by atoms with Gasteiger partial charge in [-0.15, -0.1) is 0 Å². The SMILES string of the molecule is CCC([N+](=O)[O-])C1(O)CN(C(=O)OC(C)(C)C)C1. The molecule has 1 heterocycles. The Labute approximate surface area is 106 Å². The number of carbonyl (C=O) groups excluding carboxylic acids is 1. The van der Waals surface area contributed by atoms with Crippen LogP contribution < -0.4 is 0 Å². The van der Waals surface area contributed by atoms with Crippen molar-refractivity contribution in [3.05, 3.63) is 10.1 Å². The summed E-state index contributed by atoms with van der Waals surface area (Å²) in [5.41, 5.74) is -2.05. The number of amides is 1. The molecule has 7 nitrogen and oxygen atoms in total. The molecule has 0 bridgehead atoms. The lowest BCUT2D eigenvalue weighted by Crippen LogP contribution is -2.70. The minimum Gasteiger partial charge on any atom is -0.444 e. The minimum atomic E-state index is -1.44. The maximum atomic E-state index is 11.6. The van der Waals surface area contributed by atoms with Gasteiger partial charge in [-0.05, 0) is 20.8 Å². The highest BCUT2D eigenvalue weighted by atomic mass is 16.6. The van der Waals surface area contributed by atoms with Crippen LogP contribution in [-0.2, 0) is 4.74 Å². The summed E-state index contributed by atoms with van der Waals surface area (Å²) in [6.07, 6.45) is -0.323. The molecule has 7 heteroatoms. The molecule has 1 amide bonds. The van der Waals surface area contributed by atoms with Gasteiger partial charge >= 0.3 is 6.09 Å². The van der Waals surface area contributed by atoms with Gasteiger partial charge in [0.25, 0.3) is 0 Å². The molecule has 1 aliphatic rings. The fourth-order valence-corrected chi connectivity index (χ4v) is 2.01. The van der Waals surface area contributed by atoms with Gasteiger partial charge in [0.15, 0.2) is 5.60 Å². The standard InChI is InChI=1S/C11H20N2O5/c1-5-8(13(16)17)11(15)6-12(7-11)9(14)18-10(2,3)4/h8,15H,5-7H2,1-4H3. The second-order valence-electron chi connectivity index (χ2n) is 5.65. The van der Waals surface area contributed by atoms with Gasteiger partial charge in [0.1, 0.15) is 5.60 Å². The van der Waals surface area contributed by atoms with Crippen molar-refractivity contribution in [3.8, 4) is 0 Å². The average molecular weight is 260 g/mol. The van der Waals surface area contributed by atoms with E-state index in [0.717, 1.165) is 0 Å². The summed E-state index contributed by atoms with van der Waals surface area (Å²) in [5, 5.41) is 20.9. The van der Waals surface area contributed by atoms with E-state index in [1.807, 2.05) is 0 Å². The highest BCUT2D eigenvalue weighted by Crippen LogP contribution is 2.29. The maximum Gasteiger partial charge on any atom is 0.410 e. The first-order chi connectivity index (χ1) is 8.09. The first-order valence-electron chi connectivity index (χ1n) is 5.93. The van der Waals surface area contributed by atoms with Crippen LogP contribution in [0.1, 0.15) is 34.1 Å². The smallest absolute Gasteiger partial charge is 0.410 e. The van der Waals surface area contributed by atoms with Gasteiger partial charge in [-0.2, -0.15) is 0 Å². The van der Waals surface area contributed by atoms with Gasteiger partial charge in [0.05, 0.1) is 13.1 Å². The Hall–Kier alpha value is -1.37. The number of hydrogen-bond acceptors (Lipinski definition) is 5. The van der Waals surface area contributed by atoms with Crippen molar-refractivity contribution in [2.24, 2.45) is 0 Å². The fraction of sp³-hybridized carbons (Fsp3) is 0.909. The van der Waals surface area contributed by atoms with Crippen molar-refractivity contribution in [1.82, 2.24) is 4.90 Å². The average Bonchev–Trinajstić information content (AvgIpc) is 2.10. The van der Waals surface area contributed by atoms with Crippen LogP contribution in [0.4, 0.5) is 4.79 Å². The van der Waals surface area contributed by atoms with Gasteiger partial charge in [0.2, 0.25) is 6.04 Å². The molecule has 1 aliphatic heterocycles. The summed E-state index contributed by atoms with van der Waals surface area (Å²) >= 11 is 0. The molecular weight excluding hydrogens is 240 g/mol. The minimum absolute atomic E-state index is 0.0542. The third kappa shape index (κ3) is 3.10. The van der Waals surface area contributed by atoms with Crippen molar-refractivity contribution < 1.29 is 19.6 Å². The predicted octanol–water partition coefficient (Wildman–Crippen LogP) is 1.02. The van der Waals surface area contributed by atoms with Crippen LogP contribution in [0.3, 0.4) is 0 Å². The van der Waals surface area contributed by atoms with Gasteiger partial charge in [0, 0.05) is 11.3 Å². The molecule has 0 aromatic rings. The molecule has 18 heavy (non-hydrogen) atoms. The Bertz CT molecular complexity index is 344. The van der Waals surface area contributed by atoms with Crippen molar-refractivity contribution in [3.63, 3.8) is 0 Å². The summed E-state index contributed by atoms with van der Waals surface area (Å²) in [6.45, 7) is 6.75. The van der Waals surface area contributed by atoms with Gasteiger partial charge in [-0.1, -0.05) is 6.92 Å². The number of likely N-dealkylation sites (tertiary alicyclic amines) is 1. The number of carbonyl (C=O) groups is 1.